The van der Waals surface area contributed by atoms with Gasteiger partial charge >= 0.3 is 0 Å². The number of aromatic nitrogens is 2. The predicted octanol–water partition coefficient (Wildman–Crippen LogP) is 3.52. The zero-order valence-corrected chi connectivity index (χ0v) is 16.4. The zero-order chi connectivity index (χ0) is 18.1. The summed E-state index contributed by atoms with van der Waals surface area (Å²) in [6.45, 7) is 13.9. The highest BCUT2D eigenvalue weighted by Gasteiger charge is 2.50. The molecule has 2 aliphatic heterocycles. The Labute approximate surface area is 158 Å². The first-order valence-corrected chi connectivity index (χ1v) is 10.4. The molecular weight excluding hydrogens is 324 g/mol. The fourth-order valence-corrected chi connectivity index (χ4v) is 5.44. The van der Waals surface area contributed by atoms with E-state index in [-0.39, 0.29) is 0 Å². The lowest BCUT2D eigenvalue weighted by Gasteiger charge is -2.52. The second-order valence-corrected chi connectivity index (χ2v) is 8.66. The summed E-state index contributed by atoms with van der Waals surface area (Å²) in [7, 11) is 0. The van der Waals surface area contributed by atoms with Crippen LogP contribution in [0.4, 0.5) is 0 Å². The van der Waals surface area contributed by atoms with Crippen LogP contribution in [-0.2, 0) is 4.74 Å². The molecule has 0 amide bonds. The van der Waals surface area contributed by atoms with Gasteiger partial charge in [0.25, 0.3) is 0 Å². The van der Waals surface area contributed by atoms with Crippen LogP contribution in [0.25, 0.3) is 0 Å². The molecule has 26 heavy (non-hydrogen) atoms. The first kappa shape index (κ1) is 17.9. The molecule has 1 aromatic heterocycles. The molecular formula is C21H34N4O. The minimum Gasteiger partial charge on any atom is -0.480 e. The Bertz CT molecular complexity index is 600. The van der Waals surface area contributed by atoms with Gasteiger partial charge in [0.05, 0.1) is 12.6 Å². The highest BCUT2D eigenvalue weighted by molar-refractivity contribution is 5.07. The molecule has 1 aromatic rings. The van der Waals surface area contributed by atoms with E-state index in [1.165, 1.54) is 45.2 Å². The summed E-state index contributed by atoms with van der Waals surface area (Å²) < 4.78 is 7.75. The number of hydrogen-bond donors (Lipinski definition) is 0. The lowest BCUT2D eigenvalue weighted by molar-refractivity contribution is -0.0147. The van der Waals surface area contributed by atoms with Crippen LogP contribution in [0.1, 0.15) is 52.0 Å². The molecule has 1 atom stereocenters. The Hall–Kier alpha value is -1.49. The standard InChI is InChI=1S/C21H34N4O/c1-4-26-18(3)24-13-8-21(16-24)14-20(15-21)23-11-6-19(7-12-23)17(2)25-10-5-9-22-25/h5,9-10,17,19-20H,3-4,6-8,11-16H2,1-2H3. The molecule has 3 aliphatic rings. The summed E-state index contributed by atoms with van der Waals surface area (Å²) >= 11 is 0. The molecule has 0 N–H and O–H groups in total. The summed E-state index contributed by atoms with van der Waals surface area (Å²) in [6, 6.07) is 3.36. The van der Waals surface area contributed by atoms with Gasteiger partial charge in [-0.15, -0.1) is 0 Å². The smallest absolute Gasteiger partial charge is 0.181 e. The Morgan fingerprint density at radius 1 is 1.31 bits per heavy atom. The molecule has 5 heteroatoms. The van der Waals surface area contributed by atoms with E-state index in [0.717, 1.165) is 37.5 Å². The first-order chi connectivity index (χ1) is 12.6. The molecule has 2 saturated heterocycles. The minimum absolute atomic E-state index is 0.521. The molecule has 1 aliphatic carbocycles. The maximum absolute atomic E-state index is 5.61. The van der Waals surface area contributed by atoms with E-state index < -0.39 is 0 Å². The van der Waals surface area contributed by atoms with Gasteiger partial charge in [0.15, 0.2) is 5.88 Å². The third kappa shape index (κ3) is 3.38. The van der Waals surface area contributed by atoms with Crippen LogP contribution in [0.15, 0.2) is 30.9 Å². The van der Waals surface area contributed by atoms with Crippen molar-refractivity contribution < 1.29 is 4.74 Å². The van der Waals surface area contributed by atoms with Crippen molar-refractivity contribution in [3.63, 3.8) is 0 Å². The lowest BCUT2D eigenvalue weighted by Crippen LogP contribution is -2.54. The molecule has 0 aromatic carbocycles. The molecule has 1 unspecified atom stereocenters. The SMILES string of the molecule is C=C(OCC)N1CCC2(CC(N3CCC(C(C)n4cccn4)CC3)C2)C1. The summed E-state index contributed by atoms with van der Waals surface area (Å²) in [5.74, 6) is 1.64. The average Bonchev–Trinajstić information content (AvgIpc) is 3.30. The monoisotopic (exact) mass is 358 g/mol. The molecule has 1 spiro atoms. The van der Waals surface area contributed by atoms with E-state index >= 15 is 0 Å². The van der Waals surface area contributed by atoms with Crippen LogP contribution in [-0.4, -0.2) is 58.4 Å². The number of nitrogens with zero attached hydrogens (tertiary/aromatic N) is 4. The maximum Gasteiger partial charge on any atom is 0.181 e. The quantitative estimate of drug-likeness (QED) is 0.729. The molecule has 3 fully saturated rings. The molecule has 0 bridgehead atoms. The second-order valence-electron chi connectivity index (χ2n) is 8.66. The van der Waals surface area contributed by atoms with Gasteiger partial charge < -0.3 is 14.5 Å². The van der Waals surface area contributed by atoms with Crippen molar-refractivity contribution in [1.82, 2.24) is 19.6 Å². The molecule has 0 radical (unpaired) electrons. The summed E-state index contributed by atoms with van der Waals surface area (Å²) in [5, 5.41) is 4.44. The van der Waals surface area contributed by atoms with Crippen LogP contribution >= 0.6 is 0 Å². The highest BCUT2D eigenvalue weighted by atomic mass is 16.5. The minimum atomic E-state index is 0.521. The van der Waals surface area contributed by atoms with Crippen molar-refractivity contribution in [1.29, 1.82) is 0 Å². The Balaban J connectivity index is 1.23. The van der Waals surface area contributed by atoms with E-state index in [0.29, 0.717) is 11.5 Å². The van der Waals surface area contributed by atoms with Crippen LogP contribution in [0.5, 0.6) is 0 Å². The van der Waals surface area contributed by atoms with E-state index in [1.807, 2.05) is 19.2 Å². The van der Waals surface area contributed by atoms with Gasteiger partial charge in [0, 0.05) is 31.5 Å². The number of piperidine rings is 1. The second kappa shape index (κ2) is 7.26. The van der Waals surface area contributed by atoms with Crippen molar-refractivity contribution >= 4 is 0 Å². The number of rotatable bonds is 6. The Morgan fingerprint density at radius 3 is 2.73 bits per heavy atom. The maximum atomic E-state index is 5.61. The van der Waals surface area contributed by atoms with Crippen molar-refractivity contribution in [3.05, 3.63) is 30.9 Å². The Kier molecular flexibility index (Phi) is 5.00. The van der Waals surface area contributed by atoms with Crippen molar-refractivity contribution in [3.8, 4) is 0 Å². The highest BCUT2D eigenvalue weighted by Crippen LogP contribution is 2.51. The van der Waals surface area contributed by atoms with Gasteiger partial charge in [0.2, 0.25) is 0 Å². The van der Waals surface area contributed by atoms with E-state index in [9.17, 15) is 0 Å². The van der Waals surface area contributed by atoms with E-state index in [4.69, 9.17) is 4.74 Å². The molecule has 1 saturated carbocycles. The van der Waals surface area contributed by atoms with Gasteiger partial charge in [-0.05, 0) is 83.0 Å². The number of likely N-dealkylation sites (tertiary alicyclic amines) is 2. The van der Waals surface area contributed by atoms with Gasteiger partial charge in [-0.25, -0.2) is 0 Å². The topological polar surface area (TPSA) is 33.5 Å². The lowest BCUT2D eigenvalue weighted by atomic mass is 9.64. The van der Waals surface area contributed by atoms with E-state index in [2.05, 4.69) is 39.3 Å². The fraction of sp³-hybridized carbons (Fsp3) is 0.762. The normalized spacial score (nSPS) is 31.2. The molecule has 4 rings (SSSR count). The third-order valence-electron chi connectivity index (χ3n) is 7.15. The van der Waals surface area contributed by atoms with Crippen LogP contribution in [0, 0.1) is 11.3 Å². The van der Waals surface area contributed by atoms with Crippen LogP contribution in [0.2, 0.25) is 0 Å². The number of hydrogen-bond acceptors (Lipinski definition) is 4. The van der Waals surface area contributed by atoms with Crippen LogP contribution < -0.4 is 0 Å². The Morgan fingerprint density at radius 2 is 2.08 bits per heavy atom. The van der Waals surface area contributed by atoms with Gasteiger partial charge in [-0.1, -0.05) is 0 Å². The predicted molar refractivity (Wildman–Crippen MR) is 104 cm³/mol. The zero-order valence-electron chi connectivity index (χ0n) is 16.4. The van der Waals surface area contributed by atoms with Gasteiger partial charge in [0.1, 0.15) is 0 Å². The first-order valence-electron chi connectivity index (χ1n) is 10.4. The molecule has 5 nitrogen and oxygen atoms in total. The van der Waals surface area contributed by atoms with Crippen molar-refractivity contribution in [2.45, 2.75) is 58.0 Å². The summed E-state index contributed by atoms with van der Waals surface area (Å²) in [6.07, 6.45) is 10.6. The average molecular weight is 359 g/mol. The third-order valence-corrected chi connectivity index (χ3v) is 7.15. The van der Waals surface area contributed by atoms with Crippen molar-refractivity contribution in [2.75, 3.05) is 32.8 Å². The number of ether oxygens (including phenoxy) is 1. The van der Waals surface area contributed by atoms with Gasteiger partial charge in [-0.3, -0.25) is 4.68 Å². The van der Waals surface area contributed by atoms with Gasteiger partial charge in [-0.2, -0.15) is 5.10 Å². The van der Waals surface area contributed by atoms with Crippen LogP contribution in [0.3, 0.4) is 0 Å². The van der Waals surface area contributed by atoms with Crippen molar-refractivity contribution in [2.24, 2.45) is 11.3 Å². The fourth-order valence-electron chi connectivity index (χ4n) is 5.44. The molecule has 144 valence electrons. The van der Waals surface area contributed by atoms with E-state index in [1.54, 1.807) is 0 Å². The summed E-state index contributed by atoms with van der Waals surface area (Å²) in [4.78, 5) is 5.12. The molecule has 3 heterocycles. The summed E-state index contributed by atoms with van der Waals surface area (Å²) in [5.41, 5.74) is 0.532. The largest absolute Gasteiger partial charge is 0.480 e.